The zero-order chi connectivity index (χ0) is 16.4. The molecule has 3 rings (SSSR count). The van der Waals surface area contributed by atoms with Gasteiger partial charge in [0.25, 0.3) is 11.1 Å². The second kappa shape index (κ2) is 6.84. The van der Waals surface area contributed by atoms with Gasteiger partial charge in [0.1, 0.15) is 0 Å². The largest absolute Gasteiger partial charge is 0.293 e. The lowest BCUT2D eigenvalue weighted by molar-refractivity contribution is -0.123. The number of carbonyl (C=O) groups excluding carboxylic acids is 2. The number of amides is 2. The van der Waals surface area contributed by atoms with Gasteiger partial charge in [0, 0.05) is 9.26 Å². The molecule has 1 saturated heterocycles. The lowest BCUT2D eigenvalue weighted by Gasteiger charge is -2.12. The van der Waals surface area contributed by atoms with Crippen molar-refractivity contribution >= 4 is 51.6 Å². The van der Waals surface area contributed by atoms with Gasteiger partial charge in [-0.1, -0.05) is 18.2 Å². The smallest absolute Gasteiger partial charge is 0.268 e. The maximum absolute atomic E-state index is 12.5. The van der Waals surface area contributed by atoms with Crippen LogP contribution in [0.1, 0.15) is 17.0 Å². The van der Waals surface area contributed by atoms with Crippen LogP contribution in [0, 0.1) is 10.5 Å². The summed E-state index contributed by atoms with van der Waals surface area (Å²) in [6.45, 7) is 2.18. The molecule has 2 aromatic rings. The second-order valence-electron chi connectivity index (χ2n) is 5.10. The Bertz CT molecular complexity index is 802. The maximum Gasteiger partial charge on any atom is 0.293 e. The third-order valence-electron chi connectivity index (χ3n) is 3.32. The van der Waals surface area contributed by atoms with Crippen molar-refractivity contribution in [2.24, 2.45) is 0 Å². The highest BCUT2D eigenvalue weighted by molar-refractivity contribution is 14.1. The minimum atomic E-state index is -0.262. The van der Waals surface area contributed by atoms with Crippen LogP contribution in [0.5, 0.6) is 0 Å². The molecule has 1 aromatic heterocycles. The van der Waals surface area contributed by atoms with Crippen molar-refractivity contribution in [2.75, 3.05) is 0 Å². The number of hydrogen-bond acceptors (Lipinski definition) is 4. The first-order valence-corrected chi connectivity index (χ1v) is 8.86. The monoisotopic (exact) mass is 436 g/mol. The van der Waals surface area contributed by atoms with Gasteiger partial charge in [-0.15, -0.1) is 0 Å². The molecule has 116 valence electrons. The molecule has 1 aliphatic rings. The molecule has 0 N–H and O–H groups in total. The molecule has 0 spiro atoms. The predicted octanol–water partition coefficient (Wildman–Crippen LogP) is 4.23. The summed E-state index contributed by atoms with van der Waals surface area (Å²) in [5.74, 6) is -0.262. The average Bonchev–Trinajstić information content (AvgIpc) is 2.77. The summed E-state index contributed by atoms with van der Waals surface area (Å²) in [6.07, 6.45) is 1.67. The van der Waals surface area contributed by atoms with Crippen LogP contribution in [0.4, 0.5) is 4.79 Å². The predicted molar refractivity (Wildman–Crippen MR) is 99.6 cm³/mol. The van der Waals surface area contributed by atoms with Gasteiger partial charge in [-0.3, -0.25) is 19.5 Å². The van der Waals surface area contributed by atoms with Crippen molar-refractivity contribution in [1.82, 2.24) is 9.88 Å². The third kappa shape index (κ3) is 3.81. The highest BCUT2D eigenvalue weighted by Gasteiger charge is 2.35. The molecule has 2 amide bonds. The Morgan fingerprint density at radius 2 is 1.91 bits per heavy atom. The molecule has 2 heterocycles. The number of nitrogens with zero attached hydrogens (tertiary/aromatic N) is 2. The number of rotatable bonds is 3. The zero-order valence-corrected chi connectivity index (χ0v) is 15.3. The molecule has 4 nitrogen and oxygen atoms in total. The summed E-state index contributed by atoms with van der Waals surface area (Å²) in [6, 6.07) is 13.4. The standard InChI is InChI=1S/C17H13IN2O2S/c1-11-3-2-4-14(19-11)9-15-16(21)20(17(22)23-15)10-12-5-7-13(18)8-6-12/h2-9H,10H2,1H3/b15-9+. The lowest BCUT2D eigenvalue weighted by Crippen LogP contribution is -2.27. The van der Waals surface area contributed by atoms with Crippen LogP contribution in [-0.2, 0) is 11.3 Å². The van der Waals surface area contributed by atoms with Crippen LogP contribution in [0.25, 0.3) is 6.08 Å². The topological polar surface area (TPSA) is 50.3 Å². The average molecular weight is 436 g/mol. The lowest BCUT2D eigenvalue weighted by atomic mass is 10.2. The van der Waals surface area contributed by atoms with Crippen molar-refractivity contribution in [3.63, 3.8) is 0 Å². The van der Waals surface area contributed by atoms with Crippen molar-refractivity contribution in [3.05, 3.63) is 67.9 Å². The van der Waals surface area contributed by atoms with Crippen LogP contribution in [0.3, 0.4) is 0 Å². The van der Waals surface area contributed by atoms with Crippen LogP contribution in [0.15, 0.2) is 47.4 Å². The second-order valence-corrected chi connectivity index (χ2v) is 7.34. The number of aromatic nitrogens is 1. The third-order valence-corrected chi connectivity index (χ3v) is 4.94. The van der Waals surface area contributed by atoms with Crippen molar-refractivity contribution in [3.8, 4) is 0 Å². The fourth-order valence-electron chi connectivity index (χ4n) is 2.19. The number of imide groups is 1. The van der Waals surface area contributed by atoms with E-state index >= 15 is 0 Å². The summed E-state index contributed by atoms with van der Waals surface area (Å²) in [5.41, 5.74) is 2.49. The molecule has 0 aliphatic carbocycles. The number of pyridine rings is 1. The molecule has 1 fully saturated rings. The summed E-state index contributed by atoms with van der Waals surface area (Å²) in [5, 5.41) is -0.243. The Morgan fingerprint density at radius 3 is 2.61 bits per heavy atom. The number of thioether (sulfide) groups is 1. The number of hydrogen-bond donors (Lipinski definition) is 0. The molecular weight excluding hydrogens is 423 g/mol. The molecule has 23 heavy (non-hydrogen) atoms. The Labute approximate surface area is 152 Å². The highest BCUT2D eigenvalue weighted by atomic mass is 127. The van der Waals surface area contributed by atoms with E-state index in [0.29, 0.717) is 17.1 Å². The molecule has 1 aromatic carbocycles. The van der Waals surface area contributed by atoms with E-state index in [2.05, 4.69) is 27.6 Å². The Kier molecular flexibility index (Phi) is 4.82. The van der Waals surface area contributed by atoms with Crippen molar-refractivity contribution in [2.45, 2.75) is 13.5 Å². The van der Waals surface area contributed by atoms with E-state index < -0.39 is 0 Å². The number of carbonyl (C=O) groups is 2. The molecular formula is C17H13IN2O2S. The maximum atomic E-state index is 12.5. The Balaban J connectivity index is 1.81. The first-order valence-electron chi connectivity index (χ1n) is 6.96. The van der Waals surface area contributed by atoms with Gasteiger partial charge < -0.3 is 0 Å². The summed E-state index contributed by atoms with van der Waals surface area (Å²) >= 11 is 3.18. The molecule has 0 unspecified atom stereocenters. The van der Waals surface area contributed by atoms with Gasteiger partial charge in [0.2, 0.25) is 0 Å². The summed E-state index contributed by atoms with van der Waals surface area (Å²) in [7, 11) is 0. The van der Waals surface area contributed by atoms with E-state index in [1.165, 1.54) is 4.90 Å². The van der Waals surface area contributed by atoms with E-state index in [9.17, 15) is 9.59 Å². The quantitative estimate of drug-likeness (QED) is 0.534. The van der Waals surface area contributed by atoms with Crippen molar-refractivity contribution in [1.29, 1.82) is 0 Å². The molecule has 0 bridgehead atoms. The van der Waals surface area contributed by atoms with Gasteiger partial charge >= 0.3 is 0 Å². The Morgan fingerprint density at radius 1 is 1.17 bits per heavy atom. The molecule has 6 heteroatoms. The number of aryl methyl sites for hydroxylation is 1. The van der Waals surface area contributed by atoms with E-state index in [1.54, 1.807) is 6.08 Å². The van der Waals surface area contributed by atoms with Gasteiger partial charge in [0.05, 0.1) is 17.1 Å². The van der Waals surface area contributed by atoms with Crippen molar-refractivity contribution < 1.29 is 9.59 Å². The molecule has 0 radical (unpaired) electrons. The zero-order valence-electron chi connectivity index (χ0n) is 12.3. The van der Waals surface area contributed by atoms with E-state index in [4.69, 9.17) is 0 Å². The van der Waals surface area contributed by atoms with Gasteiger partial charge in [-0.05, 0) is 77.2 Å². The van der Waals surface area contributed by atoms with Gasteiger partial charge in [-0.25, -0.2) is 0 Å². The molecule has 0 saturated carbocycles. The van der Waals surface area contributed by atoms with Gasteiger partial charge in [-0.2, -0.15) is 0 Å². The fraction of sp³-hybridized carbons (Fsp3) is 0.118. The minimum absolute atomic E-state index is 0.243. The van der Waals surface area contributed by atoms with Crippen LogP contribution < -0.4 is 0 Å². The normalized spacial score (nSPS) is 16.4. The summed E-state index contributed by atoms with van der Waals surface area (Å²) in [4.78, 5) is 30.6. The number of benzene rings is 1. The first-order chi connectivity index (χ1) is 11.0. The van der Waals surface area contributed by atoms with Gasteiger partial charge in [0.15, 0.2) is 0 Å². The van der Waals surface area contributed by atoms with E-state index in [1.807, 2.05) is 49.4 Å². The number of halogens is 1. The van der Waals surface area contributed by atoms with Crippen LogP contribution in [-0.4, -0.2) is 21.0 Å². The summed E-state index contributed by atoms with van der Waals surface area (Å²) < 4.78 is 1.12. The van der Waals surface area contributed by atoms with Crippen LogP contribution >= 0.6 is 34.4 Å². The molecule has 1 aliphatic heterocycles. The SMILES string of the molecule is Cc1cccc(/C=C2/SC(=O)N(Cc3ccc(I)cc3)C2=O)n1. The minimum Gasteiger partial charge on any atom is -0.268 e. The van der Waals surface area contributed by atoms with Crippen LogP contribution in [0.2, 0.25) is 0 Å². The fourth-order valence-corrected chi connectivity index (χ4v) is 3.37. The van der Waals surface area contributed by atoms with E-state index in [0.717, 1.165) is 26.6 Å². The van der Waals surface area contributed by atoms with E-state index in [-0.39, 0.29) is 11.1 Å². The Hall–Kier alpha value is -1.67. The highest BCUT2D eigenvalue weighted by Crippen LogP contribution is 2.33. The molecule has 0 atom stereocenters. The first kappa shape index (κ1) is 16.2.